The third-order valence-corrected chi connectivity index (χ3v) is 2.64. The SMILES string of the molecule is CCOC(=O)[C@@H](CN(C)C)c1ccc(OC)cc1. The first-order valence-electron chi connectivity index (χ1n) is 6.03. The van der Waals surface area contributed by atoms with E-state index in [9.17, 15) is 4.79 Å². The first-order valence-corrected chi connectivity index (χ1v) is 6.03. The Balaban J connectivity index is 2.89. The summed E-state index contributed by atoms with van der Waals surface area (Å²) in [6, 6.07) is 7.53. The molecule has 0 spiro atoms. The molecule has 0 aromatic heterocycles. The van der Waals surface area contributed by atoms with Gasteiger partial charge < -0.3 is 14.4 Å². The number of hydrogen-bond donors (Lipinski definition) is 0. The Hall–Kier alpha value is -1.55. The summed E-state index contributed by atoms with van der Waals surface area (Å²) in [5.74, 6) is 0.341. The van der Waals surface area contributed by atoms with Crippen LogP contribution < -0.4 is 4.74 Å². The molecule has 0 aliphatic rings. The molecule has 1 rings (SSSR count). The fourth-order valence-corrected chi connectivity index (χ4v) is 1.76. The largest absolute Gasteiger partial charge is 0.497 e. The predicted molar refractivity (Wildman–Crippen MR) is 70.9 cm³/mol. The summed E-state index contributed by atoms with van der Waals surface area (Å²) >= 11 is 0. The highest BCUT2D eigenvalue weighted by Gasteiger charge is 2.22. The number of carbonyl (C=O) groups is 1. The fourth-order valence-electron chi connectivity index (χ4n) is 1.76. The van der Waals surface area contributed by atoms with E-state index in [1.165, 1.54) is 0 Å². The number of carbonyl (C=O) groups excluding carboxylic acids is 1. The molecule has 0 saturated heterocycles. The zero-order valence-electron chi connectivity index (χ0n) is 11.5. The molecule has 1 atom stereocenters. The van der Waals surface area contributed by atoms with Crippen LogP contribution in [0.4, 0.5) is 0 Å². The quantitative estimate of drug-likeness (QED) is 0.724. The summed E-state index contributed by atoms with van der Waals surface area (Å²) < 4.78 is 10.2. The van der Waals surface area contributed by atoms with Gasteiger partial charge in [-0.15, -0.1) is 0 Å². The molecule has 0 fully saturated rings. The Morgan fingerprint density at radius 3 is 2.33 bits per heavy atom. The van der Waals surface area contributed by atoms with Crippen molar-refractivity contribution in [2.45, 2.75) is 12.8 Å². The molecule has 0 radical (unpaired) electrons. The van der Waals surface area contributed by atoms with Crippen molar-refractivity contribution in [2.24, 2.45) is 0 Å². The third-order valence-electron chi connectivity index (χ3n) is 2.64. The number of rotatable bonds is 6. The van der Waals surface area contributed by atoms with E-state index in [-0.39, 0.29) is 11.9 Å². The fraction of sp³-hybridized carbons (Fsp3) is 0.500. The van der Waals surface area contributed by atoms with Gasteiger partial charge in [-0.3, -0.25) is 4.79 Å². The smallest absolute Gasteiger partial charge is 0.314 e. The molecule has 0 aliphatic carbocycles. The summed E-state index contributed by atoms with van der Waals surface area (Å²) in [6.07, 6.45) is 0. The Bertz CT molecular complexity index is 373. The van der Waals surface area contributed by atoms with Gasteiger partial charge in [0.05, 0.1) is 19.6 Å². The Kier molecular flexibility index (Phi) is 5.65. The number of methoxy groups -OCH3 is 1. The highest BCUT2D eigenvalue weighted by atomic mass is 16.5. The molecule has 0 N–H and O–H groups in total. The molecule has 18 heavy (non-hydrogen) atoms. The molecular weight excluding hydrogens is 230 g/mol. The lowest BCUT2D eigenvalue weighted by atomic mass is 9.98. The van der Waals surface area contributed by atoms with Crippen LogP contribution in [0.5, 0.6) is 5.75 Å². The second-order valence-electron chi connectivity index (χ2n) is 4.34. The van der Waals surface area contributed by atoms with Crippen molar-refractivity contribution in [3.8, 4) is 5.75 Å². The van der Waals surface area contributed by atoms with E-state index in [1.54, 1.807) is 7.11 Å². The maximum atomic E-state index is 12.0. The van der Waals surface area contributed by atoms with Crippen molar-refractivity contribution in [1.82, 2.24) is 4.90 Å². The monoisotopic (exact) mass is 251 g/mol. The highest BCUT2D eigenvalue weighted by molar-refractivity contribution is 5.78. The van der Waals surface area contributed by atoms with E-state index in [0.29, 0.717) is 13.2 Å². The third kappa shape index (κ3) is 4.04. The standard InChI is InChI=1S/C14H21NO3/c1-5-18-14(16)13(10-15(2)3)11-6-8-12(17-4)9-7-11/h6-9,13H,5,10H2,1-4H3/t13-/m0/s1. The molecule has 0 aliphatic heterocycles. The highest BCUT2D eigenvalue weighted by Crippen LogP contribution is 2.21. The number of esters is 1. The Morgan fingerprint density at radius 1 is 1.28 bits per heavy atom. The molecule has 0 unspecified atom stereocenters. The number of nitrogens with zero attached hydrogens (tertiary/aromatic N) is 1. The first kappa shape index (κ1) is 14.5. The predicted octanol–water partition coefficient (Wildman–Crippen LogP) is 1.90. The van der Waals surface area contributed by atoms with Gasteiger partial charge in [0.15, 0.2) is 0 Å². The maximum Gasteiger partial charge on any atom is 0.314 e. The van der Waals surface area contributed by atoms with Gasteiger partial charge in [-0.1, -0.05) is 12.1 Å². The van der Waals surface area contributed by atoms with Gasteiger partial charge in [-0.25, -0.2) is 0 Å². The average Bonchev–Trinajstić information content (AvgIpc) is 2.36. The second kappa shape index (κ2) is 7.01. The van der Waals surface area contributed by atoms with E-state index in [1.807, 2.05) is 50.2 Å². The van der Waals surface area contributed by atoms with E-state index in [0.717, 1.165) is 11.3 Å². The minimum Gasteiger partial charge on any atom is -0.497 e. The Morgan fingerprint density at radius 2 is 1.89 bits per heavy atom. The van der Waals surface area contributed by atoms with Crippen molar-refractivity contribution in [1.29, 1.82) is 0 Å². The summed E-state index contributed by atoms with van der Waals surface area (Å²) in [7, 11) is 5.50. The van der Waals surface area contributed by atoms with Crippen LogP contribution in [0.15, 0.2) is 24.3 Å². The van der Waals surface area contributed by atoms with Gasteiger partial charge in [0.1, 0.15) is 5.75 Å². The van der Waals surface area contributed by atoms with Crippen LogP contribution in [0.25, 0.3) is 0 Å². The van der Waals surface area contributed by atoms with Crippen molar-refractivity contribution < 1.29 is 14.3 Å². The lowest BCUT2D eigenvalue weighted by Gasteiger charge is -2.20. The normalized spacial score (nSPS) is 12.3. The van der Waals surface area contributed by atoms with Crippen LogP contribution in [-0.4, -0.2) is 45.2 Å². The van der Waals surface area contributed by atoms with Gasteiger partial charge in [0, 0.05) is 6.54 Å². The molecule has 0 amide bonds. The zero-order valence-corrected chi connectivity index (χ0v) is 11.5. The van der Waals surface area contributed by atoms with Crippen LogP contribution in [0.3, 0.4) is 0 Å². The summed E-state index contributed by atoms with van der Waals surface area (Å²) in [5.41, 5.74) is 0.947. The molecule has 4 heteroatoms. The number of benzene rings is 1. The number of ether oxygens (including phenoxy) is 2. The average molecular weight is 251 g/mol. The summed E-state index contributed by atoms with van der Waals surface area (Å²) in [6.45, 7) is 2.85. The van der Waals surface area contributed by atoms with Crippen LogP contribution in [0.2, 0.25) is 0 Å². The minimum atomic E-state index is -0.258. The van der Waals surface area contributed by atoms with Crippen LogP contribution in [0, 0.1) is 0 Å². The summed E-state index contributed by atoms with van der Waals surface area (Å²) in [5, 5.41) is 0. The Labute approximate surface area is 108 Å². The lowest BCUT2D eigenvalue weighted by molar-refractivity contribution is -0.145. The van der Waals surface area contributed by atoms with Gasteiger partial charge in [-0.05, 0) is 38.7 Å². The van der Waals surface area contributed by atoms with Crippen LogP contribution in [0.1, 0.15) is 18.4 Å². The topological polar surface area (TPSA) is 38.8 Å². The molecule has 4 nitrogen and oxygen atoms in total. The van der Waals surface area contributed by atoms with Crippen molar-refractivity contribution >= 4 is 5.97 Å². The van der Waals surface area contributed by atoms with Gasteiger partial charge in [-0.2, -0.15) is 0 Å². The maximum absolute atomic E-state index is 12.0. The van der Waals surface area contributed by atoms with Crippen molar-refractivity contribution in [3.63, 3.8) is 0 Å². The van der Waals surface area contributed by atoms with Gasteiger partial charge >= 0.3 is 5.97 Å². The van der Waals surface area contributed by atoms with Gasteiger partial charge in [0.25, 0.3) is 0 Å². The molecular formula is C14H21NO3. The second-order valence-corrected chi connectivity index (χ2v) is 4.34. The lowest BCUT2D eigenvalue weighted by Crippen LogP contribution is -2.27. The zero-order chi connectivity index (χ0) is 13.5. The van der Waals surface area contributed by atoms with Gasteiger partial charge in [0.2, 0.25) is 0 Å². The van der Waals surface area contributed by atoms with Crippen molar-refractivity contribution in [2.75, 3.05) is 34.4 Å². The van der Waals surface area contributed by atoms with Crippen LogP contribution in [-0.2, 0) is 9.53 Å². The van der Waals surface area contributed by atoms with Crippen LogP contribution >= 0.6 is 0 Å². The van der Waals surface area contributed by atoms with E-state index in [2.05, 4.69) is 0 Å². The molecule has 100 valence electrons. The minimum absolute atomic E-state index is 0.184. The molecule has 0 bridgehead atoms. The number of likely N-dealkylation sites (N-methyl/N-ethyl adjacent to an activating group) is 1. The molecule has 0 saturated carbocycles. The molecule has 1 aromatic rings. The van der Waals surface area contributed by atoms with E-state index >= 15 is 0 Å². The van der Waals surface area contributed by atoms with E-state index < -0.39 is 0 Å². The first-order chi connectivity index (χ1) is 8.58. The summed E-state index contributed by atoms with van der Waals surface area (Å²) in [4.78, 5) is 13.9. The molecule has 0 heterocycles. The molecule has 1 aromatic carbocycles. The van der Waals surface area contributed by atoms with Crippen molar-refractivity contribution in [3.05, 3.63) is 29.8 Å². The number of hydrogen-bond acceptors (Lipinski definition) is 4. The van der Waals surface area contributed by atoms with E-state index in [4.69, 9.17) is 9.47 Å².